The third kappa shape index (κ3) is 7.41. The SMILES string of the molecule is Oc1ccccc1-c1nc(-c2ccc(-c3nc(-c4ccc5ccc(C(F)(F)F)cc5c4)nc(-c4ccccc4O)n3)cc2)nc(-c2ccc3ccc(C(F)(F)F)cc3c2)n1. The molecule has 8 nitrogen and oxygen atoms in total. The standard InChI is InChI=1S/C46H26F6N6O2/c47-45(48,49)33-19-17-25-9-15-29(21-31(25)23-33)41-53-39(55-43(57-41)35-5-1-3-7-37(35)59)27-11-13-28(14-12-27)40-54-42(58-44(56-40)36-6-2-4-8-38(36)60)30-16-10-26-18-20-34(46(50,51)52)24-32(26)22-30/h1-24,59-60H. The number of aromatic hydroxyl groups is 2. The van der Waals surface area contributed by atoms with Gasteiger partial charge < -0.3 is 10.2 Å². The fourth-order valence-corrected chi connectivity index (χ4v) is 6.73. The molecule has 0 fully saturated rings. The molecule has 2 aromatic heterocycles. The number of phenols is 2. The van der Waals surface area contributed by atoms with Gasteiger partial charge in [0.25, 0.3) is 0 Å². The molecule has 294 valence electrons. The van der Waals surface area contributed by atoms with Crippen LogP contribution in [0.3, 0.4) is 0 Å². The van der Waals surface area contributed by atoms with Crippen molar-refractivity contribution in [1.29, 1.82) is 0 Å². The van der Waals surface area contributed by atoms with Gasteiger partial charge in [0, 0.05) is 22.3 Å². The van der Waals surface area contributed by atoms with E-state index in [4.69, 9.17) is 9.97 Å². The molecule has 0 aliphatic carbocycles. The van der Waals surface area contributed by atoms with Gasteiger partial charge in [-0.25, -0.2) is 29.9 Å². The first-order valence-corrected chi connectivity index (χ1v) is 18.2. The first-order valence-electron chi connectivity index (χ1n) is 18.2. The highest BCUT2D eigenvalue weighted by molar-refractivity contribution is 5.89. The zero-order chi connectivity index (χ0) is 41.8. The van der Waals surface area contributed by atoms with Crippen LogP contribution in [-0.2, 0) is 12.4 Å². The molecule has 2 N–H and O–H groups in total. The van der Waals surface area contributed by atoms with Crippen LogP contribution in [0, 0.1) is 0 Å². The van der Waals surface area contributed by atoms with E-state index in [2.05, 4.69) is 19.9 Å². The van der Waals surface area contributed by atoms with Crippen molar-refractivity contribution in [2.75, 3.05) is 0 Å². The molecule has 0 saturated carbocycles. The maximum absolute atomic E-state index is 13.6. The number of phenolic OH excluding ortho intramolecular Hbond substituents is 2. The Balaban J connectivity index is 1.15. The Labute approximate surface area is 336 Å². The normalized spacial score (nSPS) is 12.0. The average molecular weight is 809 g/mol. The number of hydrogen-bond donors (Lipinski definition) is 2. The van der Waals surface area contributed by atoms with Crippen LogP contribution < -0.4 is 0 Å². The summed E-state index contributed by atoms with van der Waals surface area (Å²) in [6.45, 7) is 0. The maximum atomic E-state index is 13.6. The molecule has 9 aromatic rings. The quantitative estimate of drug-likeness (QED) is 0.159. The van der Waals surface area contributed by atoms with Crippen molar-refractivity contribution in [2.45, 2.75) is 12.4 Å². The van der Waals surface area contributed by atoms with Crippen molar-refractivity contribution in [2.24, 2.45) is 0 Å². The highest BCUT2D eigenvalue weighted by Crippen LogP contribution is 2.37. The van der Waals surface area contributed by atoms with E-state index in [1.54, 1.807) is 97.1 Å². The zero-order valence-electron chi connectivity index (χ0n) is 30.7. The number of aromatic nitrogens is 6. The van der Waals surface area contributed by atoms with Crippen LogP contribution in [0.2, 0.25) is 0 Å². The lowest BCUT2D eigenvalue weighted by atomic mass is 10.0. The Morgan fingerprint density at radius 1 is 0.317 bits per heavy atom. The monoisotopic (exact) mass is 808 g/mol. The van der Waals surface area contributed by atoms with Crippen LogP contribution in [0.15, 0.2) is 146 Å². The van der Waals surface area contributed by atoms with Crippen molar-refractivity contribution in [3.63, 3.8) is 0 Å². The summed E-state index contributed by atoms with van der Waals surface area (Å²) in [5.41, 5.74) is 0.845. The smallest absolute Gasteiger partial charge is 0.416 e. The van der Waals surface area contributed by atoms with E-state index in [1.807, 2.05) is 0 Å². The second-order valence-electron chi connectivity index (χ2n) is 13.8. The zero-order valence-corrected chi connectivity index (χ0v) is 30.7. The van der Waals surface area contributed by atoms with Crippen LogP contribution in [0.1, 0.15) is 11.1 Å². The van der Waals surface area contributed by atoms with Gasteiger partial charge in [0.2, 0.25) is 0 Å². The lowest BCUT2D eigenvalue weighted by Gasteiger charge is -2.12. The van der Waals surface area contributed by atoms with Crippen LogP contribution in [0.5, 0.6) is 11.5 Å². The Bertz CT molecular complexity index is 2910. The maximum Gasteiger partial charge on any atom is 0.416 e. The minimum absolute atomic E-state index is 0.0950. The number of alkyl halides is 6. The van der Waals surface area contributed by atoms with Gasteiger partial charge >= 0.3 is 12.4 Å². The van der Waals surface area contributed by atoms with E-state index in [9.17, 15) is 36.6 Å². The molecule has 0 unspecified atom stereocenters. The van der Waals surface area contributed by atoms with Crippen LogP contribution in [-0.4, -0.2) is 40.1 Å². The van der Waals surface area contributed by atoms with E-state index in [0.717, 1.165) is 24.3 Å². The summed E-state index contributed by atoms with van der Waals surface area (Å²) in [5.74, 6) is 0.721. The van der Waals surface area contributed by atoms with Gasteiger partial charge in [-0.3, -0.25) is 0 Å². The number of para-hydroxylation sites is 2. The highest BCUT2D eigenvalue weighted by Gasteiger charge is 2.31. The van der Waals surface area contributed by atoms with Gasteiger partial charge in [0.15, 0.2) is 34.9 Å². The van der Waals surface area contributed by atoms with Crippen LogP contribution in [0.25, 0.3) is 89.9 Å². The van der Waals surface area contributed by atoms with E-state index in [-0.39, 0.29) is 46.4 Å². The van der Waals surface area contributed by atoms with Gasteiger partial charge in [-0.15, -0.1) is 0 Å². The molecule has 0 radical (unpaired) electrons. The van der Waals surface area contributed by atoms with Gasteiger partial charge in [0.05, 0.1) is 22.3 Å². The summed E-state index contributed by atoms with van der Waals surface area (Å²) >= 11 is 0. The first kappa shape index (κ1) is 37.8. The molecule has 7 aromatic carbocycles. The van der Waals surface area contributed by atoms with Crippen molar-refractivity contribution >= 4 is 21.5 Å². The van der Waals surface area contributed by atoms with E-state index in [1.165, 1.54) is 24.3 Å². The molecule has 0 spiro atoms. The molecule has 0 amide bonds. The van der Waals surface area contributed by atoms with Gasteiger partial charge in [-0.05, 0) is 82.2 Å². The van der Waals surface area contributed by atoms with Crippen LogP contribution >= 0.6 is 0 Å². The molecule has 0 aliphatic rings. The van der Waals surface area contributed by atoms with Crippen molar-refractivity contribution < 1.29 is 36.6 Å². The summed E-state index contributed by atoms with van der Waals surface area (Å²) in [6, 6.07) is 36.5. The minimum Gasteiger partial charge on any atom is -0.507 e. The molecule has 0 bridgehead atoms. The first-order chi connectivity index (χ1) is 28.8. The molecule has 2 heterocycles. The van der Waals surface area contributed by atoms with E-state index in [0.29, 0.717) is 54.9 Å². The number of rotatable bonds is 6. The lowest BCUT2D eigenvalue weighted by Crippen LogP contribution is -2.04. The Kier molecular flexibility index (Phi) is 9.19. The predicted octanol–water partition coefficient (Wildman–Crippen LogP) is 11.8. The molecule has 0 aliphatic heterocycles. The topological polar surface area (TPSA) is 118 Å². The predicted molar refractivity (Wildman–Crippen MR) is 214 cm³/mol. The number of benzene rings is 7. The highest BCUT2D eigenvalue weighted by atomic mass is 19.4. The summed E-state index contributed by atoms with van der Waals surface area (Å²) in [6.07, 6.45) is -9.08. The Hall–Kier alpha value is -7.74. The summed E-state index contributed by atoms with van der Waals surface area (Å²) in [7, 11) is 0. The fraction of sp³-hybridized carbons (Fsp3) is 0.0435. The van der Waals surface area contributed by atoms with E-state index >= 15 is 0 Å². The Morgan fingerprint density at radius 2 is 0.633 bits per heavy atom. The van der Waals surface area contributed by atoms with Crippen molar-refractivity contribution in [3.8, 4) is 79.8 Å². The average Bonchev–Trinajstić information content (AvgIpc) is 3.25. The number of fused-ring (bicyclic) bond motifs is 2. The molecular weight excluding hydrogens is 783 g/mol. The second kappa shape index (κ2) is 14.6. The molecule has 60 heavy (non-hydrogen) atoms. The summed E-state index contributed by atoms with van der Waals surface area (Å²) < 4.78 is 81.6. The molecule has 0 saturated heterocycles. The van der Waals surface area contributed by atoms with Crippen molar-refractivity contribution in [3.05, 3.63) is 157 Å². The third-order valence-corrected chi connectivity index (χ3v) is 9.81. The van der Waals surface area contributed by atoms with Crippen molar-refractivity contribution in [1.82, 2.24) is 29.9 Å². The Morgan fingerprint density at radius 3 is 1.00 bits per heavy atom. The fourth-order valence-electron chi connectivity index (χ4n) is 6.73. The largest absolute Gasteiger partial charge is 0.507 e. The van der Waals surface area contributed by atoms with E-state index < -0.39 is 23.5 Å². The van der Waals surface area contributed by atoms with Gasteiger partial charge in [0.1, 0.15) is 11.5 Å². The molecular formula is C46H26F6N6O2. The van der Waals surface area contributed by atoms with Gasteiger partial charge in [-0.1, -0.05) is 84.9 Å². The number of halogens is 6. The van der Waals surface area contributed by atoms with Crippen LogP contribution in [0.4, 0.5) is 26.3 Å². The number of hydrogen-bond acceptors (Lipinski definition) is 8. The summed E-state index contributed by atoms with van der Waals surface area (Å²) in [5, 5.41) is 23.3. The lowest BCUT2D eigenvalue weighted by molar-refractivity contribution is -0.138. The molecule has 14 heteroatoms. The molecule has 9 rings (SSSR count). The van der Waals surface area contributed by atoms with Gasteiger partial charge in [-0.2, -0.15) is 26.3 Å². The number of nitrogens with zero attached hydrogens (tertiary/aromatic N) is 6. The second-order valence-corrected chi connectivity index (χ2v) is 13.8. The summed E-state index contributed by atoms with van der Waals surface area (Å²) in [4.78, 5) is 28.0. The minimum atomic E-state index is -4.54. The third-order valence-electron chi connectivity index (χ3n) is 9.81. The molecule has 0 atom stereocenters.